The molecule has 0 aliphatic carbocycles. The first-order valence-electron chi connectivity index (χ1n) is 8.67. The predicted molar refractivity (Wildman–Crippen MR) is 106 cm³/mol. The molecule has 0 spiro atoms. The molecule has 0 bridgehead atoms. The van der Waals surface area contributed by atoms with Gasteiger partial charge in [0.05, 0.1) is 6.61 Å². The van der Waals surface area contributed by atoms with Crippen LogP contribution in [0.3, 0.4) is 0 Å². The number of β-lactam (4-membered cyclic amide) rings is 1. The van der Waals surface area contributed by atoms with Gasteiger partial charge in [0.2, 0.25) is 11.8 Å². The molecule has 1 fully saturated rings. The van der Waals surface area contributed by atoms with Gasteiger partial charge in [-0.3, -0.25) is 14.4 Å². The Bertz CT molecular complexity index is 904. The van der Waals surface area contributed by atoms with E-state index in [1.165, 1.54) is 12.5 Å². The molecule has 31 heavy (non-hydrogen) atoms. The Labute approximate surface area is 184 Å². The largest absolute Gasteiger partial charge is 0.463 e. The summed E-state index contributed by atoms with van der Waals surface area (Å²) >= 11 is 6.42. The lowest BCUT2D eigenvalue weighted by atomic mass is 9.98. The molecule has 0 radical (unpaired) electrons. The van der Waals surface area contributed by atoms with Gasteiger partial charge in [-0.05, 0) is 6.92 Å². The van der Waals surface area contributed by atoms with Crippen LogP contribution in [-0.4, -0.2) is 78.6 Å². The number of hydrogen-bond donors (Lipinski definition) is 3. The van der Waals surface area contributed by atoms with Crippen molar-refractivity contribution in [1.82, 2.24) is 15.6 Å². The number of carbonyl (C=O) groups excluding carboxylic acids is 5. The number of esters is 2. The molecule has 2 heterocycles. The van der Waals surface area contributed by atoms with Crippen LogP contribution in [-0.2, 0) is 38.3 Å². The van der Waals surface area contributed by atoms with Gasteiger partial charge in [0.25, 0.3) is 5.91 Å². The molecule has 1 aromatic heterocycles. The number of rotatable bonds is 10. The van der Waals surface area contributed by atoms with E-state index in [0.29, 0.717) is 0 Å². The minimum atomic E-state index is -1.27. The lowest BCUT2D eigenvalue weighted by Crippen LogP contribution is -2.72. The van der Waals surface area contributed by atoms with Gasteiger partial charge in [-0.1, -0.05) is 5.16 Å². The molecule has 2 atom stereocenters. The van der Waals surface area contributed by atoms with Gasteiger partial charge in [0.15, 0.2) is 23.5 Å². The van der Waals surface area contributed by atoms with E-state index in [2.05, 4.69) is 35.7 Å². The summed E-state index contributed by atoms with van der Waals surface area (Å²) in [6.07, 6.45) is 0. The van der Waals surface area contributed by atoms with Crippen LogP contribution in [0.5, 0.6) is 0 Å². The third kappa shape index (κ3) is 6.36. The third-order valence-electron chi connectivity index (χ3n) is 3.60. The van der Waals surface area contributed by atoms with Crippen molar-refractivity contribution in [3.63, 3.8) is 0 Å². The summed E-state index contributed by atoms with van der Waals surface area (Å²) in [4.78, 5) is 67.8. The summed E-state index contributed by atoms with van der Waals surface area (Å²) in [6.45, 7) is 1.07. The third-order valence-corrected chi connectivity index (χ3v) is 4.60. The Morgan fingerprint density at radius 2 is 2.06 bits per heavy atom. The Morgan fingerprint density at radius 3 is 2.68 bits per heavy atom. The SMILES string of the molecule is CCOC(=O)COC(=O)[C@H]1NC(=O)[C@H]1NC(=O)C(=NOC)c1csc(NC(=O)CCl)n1. The van der Waals surface area contributed by atoms with Gasteiger partial charge in [-0.2, -0.15) is 0 Å². The quantitative estimate of drug-likeness (QED) is 0.123. The second-order valence-electron chi connectivity index (χ2n) is 5.69. The van der Waals surface area contributed by atoms with Crippen molar-refractivity contribution in [3.05, 3.63) is 11.1 Å². The van der Waals surface area contributed by atoms with Crippen molar-refractivity contribution in [2.45, 2.75) is 19.0 Å². The van der Waals surface area contributed by atoms with E-state index in [1.54, 1.807) is 6.92 Å². The van der Waals surface area contributed by atoms with E-state index in [9.17, 15) is 24.0 Å². The number of aromatic nitrogens is 1. The molecule has 3 amide bonds. The normalized spacial score (nSPS) is 17.6. The first-order valence-corrected chi connectivity index (χ1v) is 10.1. The summed E-state index contributed by atoms with van der Waals surface area (Å²) in [7, 11) is 1.20. The molecule has 1 aliphatic heterocycles. The minimum Gasteiger partial charge on any atom is -0.463 e. The van der Waals surface area contributed by atoms with Crippen molar-refractivity contribution >= 4 is 63.4 Å². The fourth-order valence-corrected chi connectivity index (χ4v) is 3.02. The number of halogens is 1. The van der Waals surface area contributed by atoms with Crippen LogP contribution in [0.1, 0.15) is 12.6 Å². The number of thiazole rings is 1. The highest BCUT2D eigenvalue weighted by Crippen LogP contribution is 2.17. The average Bonchev–Trinajstić information content (AvgIpc) is 3.20. The summed E-state index contributed by atoms with van der Waals surface area (Å²) in [5.41, 5.74) is -0.251. The number of amides is 3. The Hall–Kier alpha value is -3.26. The van der Waals surface area contributed by atoms with Crippen molar-refractivity contribution < 1.29 is 38.3 Å². The maximum absolute atomic E-state index is 12.6. The van der Waals surface area contributed by atoms with Crippen LogP contribution in [0.15, 0.2) is 10.5 Å². The number of hydrogen-bond acceptors (Lipinski definition) is 11. The first kappa shape index (κ1) is 24.0. The Morgan fingerprint density at radius 1 is 1.32 bits per heavy atom. The summed E-state index contributed by atoms with van der Waals surface area (Å²) in [6, 6.07) is -2.47. The van der Waals surface area contributed by atoms with Crippen molar-refractivity contribution in [2.75, 3.05) is 31.5 Å². The van der Waals surface area contributed by atoms with E-state index in [0.717, 1.165) is 11.3 Å². The highest BCUT2D eigenvalue weighted by molar-refractivity contribution is 7.14. The maximum Gasteiger partial charge on any atom is 0.344 e. The molecule has 1 saturated heterocycles. The molecule has 0 unspecified atom stereocenters. The van der Waals surface area contributed by atoms with Gasteiger partial charge in [-0.15, -0.1) is 22.9 Å². The van der Waals surface area contributed by atoms with Gasteiger partial charge >= 0.3 is 11.9 Å². The Kier molecular flexibility index (Phi) is 8.69. The first-order chi connectivity index (χ1) is 14.8. The van der Waals surface area contributed by atoms with Gasteiger partial charge in [-0.25, -0.2) is 14.6 Å². The van der Waals surface area contributed by atoms with Crippen LogP contribution in [0.25, 0.3) is 0 Å². The number of oxime groups is 1. The zero-order valence-corrected chi connectivity index (χ0v) is 17.9. The van der Waals surface area contributed by atoms with E-state index < -0.39 is 48.4 Å². The predicted octanol–water partition coefficient (Wildman–Crippen LogP) is -1.24. The molecule has 15 heteroatoms. The topological polar surface area (TPSA) is 174 Å². The highest BCUT2D eigenvalue weighted by Gasteiger charge is 2.47. The number of nitrogens with zero attached hydrogens (tertiary/aromatic N) is 2. The number of anilines is 1. The summed E-state index contributed by atoms with van der Waals surface area (Å²) in [5.74, 6) is -3.96. The van der Waals surface area contributed by atoms with Gasteiger partial charge < -0.3 is 30.3 Å². The number of alkyl halides is 1. The highest BCUT2D eigenvalue weighted by atomic mass is 35.5. The fourth-order valence-electron chi connectivity index (χ4n) is 2.25. The zero-order valence-electron chi connectivity index (χ0n) is 16.3. The van der Waals surface area contributed by atoms with Crippen LogP contribution in [0, 0.1) is 0 Å². The standard InChI is InChI=1S/C16H18ClN5O8S/c1-3-29-9(24)5-30-15(27)12-11(14(26)21-12)20-13(25)10(22-28-2)7-6-31-16(18-7)19-8(23)4-17/h6,11-12H,3-5H2,1-2H3,(H,20,25)(H,21,26)(H,18,19,23)/t11-,12-/m0/s1. The molecule has 3 N–H and O–H groups in total. The lowest BCUT2D eigenvalue weighted by Gasteiger charge is -2.34. The molecule has 168 valence electrons. The van der Waals surface area contributed by atoms with Crippen molar-refractivity contribution in [1.29, 1.82) is 0 Å². The Balaban J connectivity index is 2.03. The average molecular weight is 476 g/mol. The minimum absolute atomic E-state index is 0.0513. The number of ether oxygens (including phenoxy) is 2. The number of nitrogens with one attached hydrogen (secondary N) is 3. The van der Waals surface area contributed by atoms with E-state index in [4.69, 9.17) is 16.3 Å². The van der Waals surface area contributed by atoms with Gasteiger partial charge in [0.1, 0.15) is 24.7 Å². The molecule has 13 nitrogen and oxygen atoms in total. The second kappa shape index (κ2) is 11.2. The van der Waals surface area contributed by atoms with E-state index in [-0.39, 0.29) is 29.0 Å². The molecule has 2 rings (SSSR count). The van der Waals surface area contributed by atoms with Crippen LogP contribution in [0.4, 0.5) is 5.13 Å². The van der Waals surface area contributed by atoms with Crippen molar-refractivity contribution in [2.24, 2.45) is 5.16 Å². The van der Waals surface area contributed by atoms with Crippen LogP contribution in [0.2, 0.25) is 0 Å². The maximum atomic E-state index is 12.6. The summed E-state index contributed by atoms with van der Waals surface area (Å²) in [5, 5.41) is 12.2. The van der Waals surface area contributed by atoms with E-state index >= 15 is 0 Å². The molecule has 1 aliphatic rings. The molecule has 0 aromatic carbocycles. The van der Waals surface area contributed by atoms with Gasteiger partial charge in [0, 0.05) is 5.38 Å². The van der Waals surface area contributed by atoms with E-state index in [1.807, 2.05) is 0 Å². The molecular formula is C16H18ClN5O8S. The second-order valence-corrected chi connectivity index (χ2v) is 6.82. The van der Waals surface area contributed by atoms with Crippen LogP contribution >= 0.6 is 22.9 Å². The molecule has 0 saturated carbocycles. The lowest BCUT2D eigenvalue weighted by molar-refractivity contribution is -0.163. The monoisotopic (exact) mass is 475 g/mol. The van der Waals surface area contributed by atoms with Crippen LogP contribution < -0.4 is 16.0 Å². The van der Waals surface area contributed by atoms with Crippen molar-refractivity contribution in [3.8, 4) is 0 Å². The molecule has 1 aromatic rings. The molecular weight excluding hydrogens is 458 g/mol. The fraction of sp³-hybridized carbons (Fsp3) is 0.438. The zero-order chi connectivity index (χ0) is 23.0. The summed E-state index contributed by atoms with van der Waals surface area (Å²) < 4.78 is 9.40. The number of carbonyl (C=O) groups is 5. The smallest absolute Gasteiger partial charge is 0.344 e.